The van der Waals surface area contributed by atoms with Gasteiger partial charge in [0.1, 0.15) is 23.2 Å². The van der Waals surface area contributed by atoms with Gasteiger partial charge in [0.25, 0.3) is 5.91 Å². The van der Waals surface area contributed by atoms with Crippen molar-refractivity contribution >= 4 is 28.0 Å². The normalized spacial score (nSPS) is 18.2. The van der Waals surface area contributed by atoms with E-state index in [-0.39, 0.29) is 5.57 Å². The van der Waals surface area contributed by atoms with Crippen molar-refractivity contribution in [1.82, 2.24) is 0 Å². The quantitative estimate of drug-likeness (QED) is 0.705. The Bertz CT molecular complexity index is 1250. The fourth-order valence-electron chi connectivity index (χ4n) is 4.41. The van der Waals surface area contributed by atoms with Gasteiger partial charge in [0.2, 0.25) is 0 Å². The smallest absolute Gasteiger partial charge is 0.288 e. The summed E-state index contributed by atoms with van der Waals surface area (Å²) in [7, 11) is 0. The predicted octanol–water partition coefficient (Wildman–Crippen LogP) is 5.49. The van der Waals surface area contributed by atoms with Crippen LogP contribution in [-0.2, 0) is 4.79 Å². The van der Waals surface area contributed by atoms with Crippen LogP contribution in [0, 0.1) is 17.2 Å². The Balaban J connectivity index is 1.58. The molecule has 0 saturated carbocycles. The van der Waals surface area contributed by atoms with Crippen LogP contribution >= 0.6 is 0 Å². The molecule has 2 aromatic carbocycles. The first-order chi connectivity index (χ1) is 14.1. The number of carbonyl (C=O) groups is 1. The fourth-order valence-corrected chi connectivity index (χ4v) is 4.41. The van der Waals surface area contributed by atoms with E-state index in [1.54, 1.807) is 0 Å². The lowest BCUT2D eigenvalue weighted by molar-refractivity contribution is -0.113. The van der Waals surface area contributed by atoms with Crippen LogP contribution in [-0.4, -0.2) is 11.6 Å². The van der Waals surface area contributed by atoms with Crippen molar-refractivity contribution in [2.24, 2.45) is 10.9 Å². The van der Waals surface area contributed by atoms with Gasteiger partial charge in [-0.15, -0.1) is 0 Å². The summed E-state index contributed by atoms with van der Waals surface area (Å²) in [5, 5.41) is 11.4. The molecule has 0 aromatic heterocycles. The fraction of sp³-hybridized carbons (Fsp3) is 0.240. The maximum Gasteiger partial charge on any atom is 0.288 e. The van der Waals surface area contributed by atoms with Gasteiger partial charge in [-0.05, 0) is 42.5 Å². The monoisotopic (exact) mass is 380 g/mol. The third-order valence-corrected chi connectivity index (χ3v) is 6.18. The molecule has 0 spiro atoms. The molecule has 0 N–H and O–H groups in total. The minimum absolute atomic E-state index is 0.129. The zero-order chi connectivity index (χ0) is 20.1. The largest absolute Gasteiger partial charge is 0.461 e. The summed E-state index contributed by atoms with van der Waals surface area (Å²) >= 11 is 0. The summed E-state index contributed by atoms with van der Waals surface area (Å²) < 4.78 is 6.29. The van der Waals surface area contributed by atoms with Gasteiger partial charge in [0, 0.05) is 28.3 Å². The van der Waals surface area contributed by atoms with Gasteiger partial charge in [-0.1, -0.05) is 43.7 Å². The molecular weight excluding hydrogens is 360 g/mol. The molecule has 1 amide bonds. The number of carbonyl (C=O) groups excluding carboxylic acids is 1. The number of rotatable bonds is 4. The number of nitrogens with zero attached hydrogens (tertiary/aromatic N) is 2. The van der Waals surface area contributed by atoms with Gasteiger partial charge in [-0.2, -0.15) is 5.26 Å². The average Bonchev–Trinajstić information content (AvgIpc) is 3.24. The Morgan fingerprint density at radius 2 is 2.03 bits per heavy atom. The van der Waals surface area contributed by atoms with E-state index in [0.717, 1.165) is 52.7 Å². The summed E-state index contributed by atoms with van der Waals surface area (Å²) in [5.41, 5.74) is 4.67. The van der Waals surface area contributed by atoms with Gasteiger partial charge in [-0.3, -0.25) is 4.79 Å². The summed E-state index contributed by atoms with van der Waals surface area (Å²) in [4.78, 5) is 16.2. The van der Waals surface area contributed by atoms with Crippen molar-refractivity contribution in [2.75, 3.05) is 0 Å². The van der Waals surface area contributed by atoms with Crippen molar-refractivity contribution in [3.8, 4) is 11.8 Å². The zero-order valence-corrected chi connectivity index (χ0v) is 16.5. The maximum absolute atomic E-state index is 12.1. The highest BCUT2D eigenvalue weighted by molar-refractivity contribution is 6.50. The number of hydrogen-bond donors (Lipinski definition) is 0. The van der Waals surface area contributed by atoms with Crippen LogP contribution in [0.15, 0.2) is 64.4 Å². The molecule has 29 heavy (non-hydrogen) atoms. The van der Waals surface area contributed by atoms with Crippen LogP contribution in [0.25, 0.3) is 16.3 Å². The lowest BCUT2D eigenvalue weighted by Crippen LogP contribution is -2.05. The van der Waals surface area contributed by atoms with Crippen LogP contribution in [0.3, 0.4) is 0 Å². The number of aliphatic imine (C=N–C) groups is 1. The Labute approximate surface area is 169 Å². The van der Waals surface area contributed by atoms with Crippen LogP contribution in [0.1, 0.15) is 44.2 Å². The molecule has 3 aliphatic rings. The molecular formula is C25H20N2O2. The predicted molar refractivity (Wildman–Crippen MR) is 114 cm³/mol. The molecule has 142 valence electrons. The van der Waals surface area contributed by atoms with Gasteiger partial charge in [0.15, 0.2) is 0 Å². The molecule has 1 heterocycles. The van der Waals surface area contributed by atoms with Crippen LogP contribution < -0.4 is 4.74 Å². The van der Waals surface area contributed by atoms with E-state index in [4.69, 9.17) is 4.74 Å². The zero-order valence-electron chi connectivity index (χ0n) is 16.5. The van der Waals surface area contributed by atoms with E-state index in [1.165, 1.54) is 5.57 Å². The third-order valence-electron chi connectivity index (χ3n) is 6.18. The van der Waals surface area contributed by atoms with Gasteiger partial charge in [0.05, 0.1) is 5.71 Å². The topological polar surface area (TPSA) is 62.4 Å². The van der Waals surface area contributed by atoms with Crippen LogP contribution in [0.4, 0.5) is 0 Å². The summed E-state index contributed by atoms with van der Waals surface area (Å²) in [6.45, 7) is 4.48. The lowest BCUT2D eigenvalue weighted by Gasteiger charge is -2.20. The van der Waals surface area contributed by atoms with E-state index in [9.17, 15) is 10.1 Å². The Morgan fingerprint density at radius 1 is 1.17 bits per heavy atom. The van der Waals surface area contributed by atoms with Crippen molar-refractivity contribution < 1.29 is 9.53 Å². The number of benzene rings is 2. The molecule has 4 heteroatoms. The second-order valence-corrected chi connectivity index (χ2v) is 7.75. The first-order valence-electron chi connectivity index (χ1n) is 10.0. The second kappa shape index (κ2) is 6.56. The molecule has 1 unspecified atom stereocenters. The number of allylic oxidation sites excluding steroid dienone is 5. The average molecular weight is 380 g/mol. The van der Waals surface area contributed by atoms with E-state index < -0.39 is 5.91 Å². The van der Waals surface area contributed by atoms with Crippen molar-refractivity contribution in [3.05, 3.63) is 70.5 Å². The van der Waals surface area contributed by atoms with Crippen molar-refractivity contribution in [2.45, 2.75) is 33.1 Å². The van der Waals surface area contributed by atoms with Gasteiger partial charge >= 0.3 is 0 Å². The Kier molecular flexibility index (Phi) is 3.99. The van der Waals surface area contributed by atoms with Crippen molar-refractivity contribution in [1.29, 1.82) is 5.26 Å². The second-order valence-electron chi connectivity index (χ2n) is 7.75. The highest BCUT2D eigenvalue weighted by atomic mass is 16.5. The number of ether oxygens (including phenoxy) is 1. The molecule has 2 aliphatic carbocycles. The van der Waals surface area contributed by atoms with Gasteiger partial charge < -0.3 is 4.74 Å². The molecule has 0 saturated heterocycles. The standard InChI is InChI=1S/C25H20N2O2/c1-3-14(2)15-7-9-16(10-8-15)29-21-12-11-19-22-17(21)5-4-6-18(22)23-20(13-26)25(28)27-24(19)23/h4-7,9,11-12,14H,3,8,10H2,1-2H3. The molecule has 0 radical (unpaired) electrons. The number of amides is 1. The van der Waals surface area contributed by atoms with E-state index in [1.807, 2.05) is 36.4 Å². The molecule has 1 atom stereocenters. The number of fused-ring (bicyclic) bond motifs is 3. The Hall–Kier alpha value is -3.45. The van der Waals surface area contributed by atoms with E-state index >= 15 is 0 Å². The highest BCUT2D eigenvalue weighted by Crippen LogP contribution is 2.45. The van der Waals surface area contributed by atoms with Crippen LogP contribution in [0.5, 0.6) is 5.75 Å². The SMILES string of the molecule is CCC(C)C1=CC=C(Oc2ccc3c4c(cccc24)C2=C(C#N)C(=O)N=C23)CC1. The number of nitriles is 1. The molecule has 4 nitrogen and oxygen atoms in total. The van der Waals surface area contributed by atoms with E-state index in [0.29, 0.717) is 17.2 Å². The number of hydrogen-bond acceptors (Lipinski definition) is 3. The van der Waals surface area contributed by atoms with Gasteiger partial charge in [-0.25, -0.2) is 4.99 Å². The Morgan fingerprint density at radius 3 is 2.76 bits per heavy atom. The molecule has 1 aliphatic heterocycles. The molecule has 0 bridgehead atoms. The summed E-state index contributed by atoms with van der Waals surface area (Å²) in [6, 6.07) is 11.8. The minimum atomic E-state index is -0.447. The van der Waals surface area contributed by atoms with E-state index in [2.05, 4.69) is 31.0 Å². The van der Waals surface area contributed by atoms with Crippen LogP contribution in [0.2, 0.25) is 0 Å². The minimum Gasteiger partial charge on any atom is -0.461 e. The summed E-state index contributed by atoms with van der Waals surface area (Å²) in [6.07, 6.45) is 7.35. The van der Waals surface area contributed by atoms with Crippen molar-refractivity contribution in [3.63, 3.8) is 0 Å². The molecule has 5 rings (SSSR count). The highest BCUT2D eigenvalue weighted by Gasteiger charge is 2.36. The first-order valence-corrected chi connectivity index (χ1v) is 10.0. The maximum atomic E-state index is 12.1. The molecule has 0 fully saturated rings. The molecule has 2 aromatic rings. The lowest BCUT2D eigenvalue weighted by atomic mass is 9.91. The first kappa shape index (κ1) is 17.6. The summed E-state index contributed by atoms with van der Waals surface area (Å²) in [5.74, 6) is 1.91. The third kappa shape index (κ3) is 2.58.